The predicted molar refractivity (Wildman–Crippen MR) is 92.5 cm³/mol. The molecule has 2 aromatic carbocycles. The smallest absolute Gasteiger partial charge is 0.387 e. The van der Waals surface area contributed by atoms with Crippen molar-refractivity contribution in [1.29, 1.82) is 0 Å². The number of hydrogen-bond donors (Lipinski definition) is 1. The third-order valence-corrected chi connectivity index (χ3v) is 4.50. The molecule has 1 N–H and O–H groups in total. The van der Waals surface area contributed by atoms with Gasteiger partial charge in [0.05, 0.1) is 13.7 Å². The highest BCUT2D eigenvalue weighted by Gasteiger charge is 2.49. The number of alkyl halides is 2. The Labute approximate surface area is 158 Å². The van der Waals surface area contributed by atoms with Crippen LogP contribution in [0, 0.1) is 5.82 Å². The lowest BCUT2D eigenvalue weighted by Gasteiger charge is -2.22. The quantitative estimate of drug-likeness (QED) is 0.763. The van der Waals surface area contributed by atoms with Gasteiger partial charge in [-0.1, -0.05) is 12.1 Å². The lowest BCUT2D eigenvalue weighted by Crippen LogP contribution is -2.40. The van der Waals surface area contributed by atoms with Gasteiger partial charge in [0, 0.05) is 5.56 Å². The summed E-state index contributed by atoms with van der Waals surface area (Å²) in [5.74, 6) is -0.823. The number of nitrogens with one attached hydrogen (secondary N) is 1. The Morgan fingerprint density at radius 3 is 2.43 bits per heavy atom. The molecular weight excluding hydrogens is 377 g/mol. The number of halogens is 3. The summed E-state index contributed by atoms with van der Waals surface area (Å²) in [5, 5.41) is 2.59. The monoisotopic (exact) mass is 394 g/mol. The Morgan fingerprint density at radius 1 is 1.14 bits per heavy atom. The van der Waals surface area contributed by atoms with Gasteiger partial charge in [-0.15, -0.1) is 0 Å². The predicted octanol–water partition coefficient (Wildman–Crippen LogP) is 3.40. The molecule has 0 spiro atoms. The van der Waals surface area contributed by atoms with E-state index < -0.39 is 29.9 Å². The van der Waals surface area contributed by atoms with Crippen molar-refractivity contribution >= 4 is 11.9 Å². The first-order chi connectivity index (χ1) is 13.2. The molecule has 9 heteroatoms. The number of rotatable bonds is 6. The molecule has 2 aromatic rings. The van der Waals surface area contributed by atoms with E-state index in [0.29, 0.717) is 16.9 Å². The van der Waals surface area contributed by atoms with Crippen LogP contribution in [0.5, 0.6) is 11.5 Å². The second-order valence-corrected chi connectivity index (χ2v) is 6.31. The fourth-order valence-corrected chi connectivity index (χ4v) is 3.05. The fourth-order valence-electron chi connectivity index (χ4n) is 3.05. The van der Waals surface area contributed by atoms with Crippen molar-refractivity contribution in [2.24, 2.45) is 0 Å². The van der Waals surface area contributed by atoms with E-state index >= 15 is 0 Å². The average Bonchev–Trinajstić information content (AvgIpc) is 2.86. The van der Waals surface area contributed by atoms with Crippen molar-refractivity contribution in [2.45, 2.75) is 25.6 Å². The molecule has 1 unspecified atom stereocenters. The van der Waals surface area contributed by atoms with E-state index in [-0.39, 0.29) is 12.3 Å². The number of amides is 3. The third-order valence-electron chi connectivity index (χ3n) is 4.50. The van der Waals surface area contributed by atoms with Crippen LogP contribution < -0.4 is 14.8 Å². The molecular formula is C19H17F3N2O4. The van der Waals surface area contributed by atoms with Gasteiger partial charge in [-0.25, -0.2) is 9.18 Å². The summed E-state index contributed by atoms with van der Waals surface area (Å²) in [6.07, 6.45) is 0. The zero-order chi connectivity index (χ0) is 20.5. The zero-order valence-electron chi connectivity index (χ0n) is 15.0. The standard InChI is InChI=1S/C19H17F3N2O4/c1-19(12-3-6-14(7-4-12)28-17(21)22)16(25)24(18(26)23-19)10-11-9-13(20)5-8-15(11)27-2/h3-9,17H,10H2,1-2H3,(H,23,26). The number of imide groups is 1. The van der Waals surface area contributed by atoms with Crippen LogP contribution in [0.1, 0.15) is 18.1 Å². The van der Waals surface area contributed by atoms with Crippen LogP contribution in [0.2, 0.25) is 0 Å². The molecule has 3 amide bonds. The van der Waals surface area contributed by atoms with E-state index in [1.165, 1.54) is 56.5 Å². The summed E-state index contributed by atoms with van der Waals surface area (Å²) in [6, 6.07) is 8.54. The molecule has 0 saturated carbocycles. The van der Waals surface area contributed by atoms with E-state index in [1.807, 2.05) is 0 Å². The van der Waals surface area contributed by atoms with Gasteiger partial charge in [0.15, 0.2) is 0 Å². The summed E-state index contributed by atoms with van der Waals surface area (Å²) in [4.78, 5) is 26.3. The molecule has 3 rings (SSSR count). The number of benzene rings is 2. The largest absolute Gasteiger partial charge is 0.496 e. The number of carbonyl (C=O) groups is 2. The maximum atomic E-state index is 13.6. The minimum Gasteiger partial charge on any atom is -0.496 e. The number of carbonyl (C=O) groups excluding carboxylic acids is 2. The molecule has 148 valence electrons. The minimum atomic E-state index is -2.97. The van der Waals surface area contributed by atoms with Crippen LogP contribution in [0.3, 0.4) is 0 Å². The first-order valence-electron chi connectivity index (χ1n) is 8.26. The van der Waals surface area contributed by atoms with Crippen LogP contribution in [0.4, 0.5) is 18.0 Å². The zero-order valence-corrected chi connectivity index (χ0v) is 15.0. The maximum Gasteiger partial charge on any atom is 0.387 e. The van der Waals surface area contributed by atoms with Crippen molar-refractivity contribution < 1.29 is 32.2 Å². The molecule has 1 atom stereocenters. The molecule has 1 aliphatic heterocycles. The average molecular weight is 394 g/mol. The van der Waals surface area contributed by atoms with Crippen LogP contribution in [-0.2, 0) is 16.9 Å². The van der Waals surface area contributed by atoms with Crippen molar-refractivity contribution in [3.8, 4) is 11.5 Å². The number of urea groups is 1. The number of hydrogen-bond acceptors (Lipinski definition) is 4. The highest BCUT2D eigenvalue weighted by Crippen LogP contribution is 2.32. The van der Waals surface area contributed by atoms with Crippen molar-refractivity contribution in [3.63, 3.8) is 0 Å². The van der Waals surface area contributed by atoms with Gasteiger partial charge in [0.25, 0.3) is 5.91 Å². The molecule has 28 heavy (non-hydrogen) atoms. The van der Waals surface area contributed by atoms with E-state index in [0.717, 1.165) is 4.90 Å². The maximum absolute atomic E-state index is 13.6. The van der Waals surface area contributed by atoms with Gasteiger partial charge in [0.1, 0.15) is 22.9 Å². The van der Waals surface area contributed by atoms with Crippen LogP contribution >= 0.6 is 0 Å². The van der Waals surface area contributed by atoms with Crippen molar-refractivity contribution in [3.05, 3.63) is 59.4 Å². The Balaban J connectivity index is 1.85. The number of ether oxygens (including phenoxy) is 2. The summed E-state index contributed by atoms with van der Waals surface area (Å²) in [5.41, 5.74) is -0.682. The minimum absolute atomic E-state index is 0.0690. The summed E-state index contributed by atoms with van der Waals surface area (Å²) >= 11 is 0. The highest BCUT2D eigenvalue weighted by molar-refractivity contribution is 6.07. The first kappa shape index (κ1) is 19.5. The van der Waals surface area contributed by atoms with Crippen LogP contribution in [0.25, 0.3) is 0 Å². The number of nitrogens with zero attached hydrogens (tertiary/aromatic N) is 1. The molecule has 0 aliphatic carbocycles. The Kier molecular flexibility index (Phi) is 5.17. The Hall–Kier alpha value is -3.23. The second-order valence-electron chi connectivity index (χ2n) is 6.31. The Morgan fingerprint density at radius 2 is 1.82 bits per heavy atom. The normalized spacial score (nSPS) is 19.1. The van der Waals surface area contributed by atoms with Crippen molar-refractivity contribution in [2.75, 3.05) is 7.11 Å². The number of methoxy groups -OCH3 is 1. The fraction of sp³-hybridized carbons (Fsp3) is 0.263. The van der Waals surface area contributed by atoms with E-state index in [9.17, 15) is 22.8 Å². The topological polar surface area (TPSA) is 67.9 Å². The van der Waals surface area contributed by atoms with E-state index in [2.05, 4.69) is 10.1 Å². The van der Waals surface area contributed by atoms with Gasteiger partial charge in [0.2, 0.25) is 0 Å². The molecule has 0 bridgehead atoms. The molecule has 1 saturated heterocycles. The summed E-state index contributed by atoms with van der Waals surface area (Å²) < 4.78 is 47.6. The summed E-state index contributed by atoms with van der Waals surface area (Å²) in [7, 11) is 1.40. The molecule has 1 fully saturated rings. The molecule has 1 heterocycles. The van der Waals surface area contributed by atoms with Gasteiger partial charge >= 0.3 is 12.6 Å². The highest BCUT2D eigenvalue weighted by atomic mass is 19.3. The summed E-state index contributed by atoms with van der Waals surface area (Å²) in [6.45, 7) is -1.65. The third kappa shape index (κ3) is 3.60. The lowest BCUT2D eigenvalue weighted by atomic mass is 9.92. The van der Waals surface area contributed by atoms with E-state index in [4.69, 9.17) is 4.74 Å². The molecule has 6 nitrogen and oxygen atoms in total. The van der Waals surface area contributed by atoms with Gasteiger partial charge in [-0.2, -0.15) is 8.78 Å². The van der Waals surface area contributed by atoms with Gasteiger partial charge in [-0.3, -0.25) is 9.69 Å². The van der Waals surface area contributed by atoms with Gasteiger partial charge < -0.3 is 14.8 Å². The van der Waals surface area contributed by atoms with Gasteiger partial charge in [-0.05, 0) is 42.8 Å². The molecule has 1 aliphatic rings. The molecule has 0 aromatic heterocycles. The SMILES string of the molecule is COc1ccc(F)cc1CN1C(=O)NC(C)(c2ccc(OC(F)F)cc2)C1=O. The van der Waals surface area contributed by atoms with Crippen LogP contribution in [-0.4, -0.2) is 30.6 Å². The van der Waals surface area contributed by atoms with E-state index in [1.54, 1.807) is 0 Å². The van der Waals surface area contributed by atoms with Crippen LogP contribution in [0.15, 0.2) is 42.5 Å². The van der Waals surface area contributed by atoms with Crippen molar-refractivity contribution in [1.82, 2.24) is 10.2 Å². The first-order valence-corrected chi connectivity index (χ1v) is 8.26. The lowest BCUT2D eigenvalue weighted by molar-refractivity contribution is -0.131. The molecule has 0 radical (unpaired) electrons. The Bertz CT molecular complexity index is 905. The second kappa shape index (κ2) is 7.41.